The fraction of sp³-hybridized carbons (Fsp3) is 0.714. The van der Waals surface area contributed by atoms with E-state index in [1.54, 1.807) is 0 Å². The highest BCUT2D eigenvalue weighted by molar-refractivity contribution is 5.63. The number of hydrogen-bond acceptors (Lipinski definition) is 4. The summed E-state index contributed by atoms with van der Waals surface area (Å²) in [5.41, 5.74) is 4.99. The Morgan fingerprint density at radius 3 is 0.957 bits per heavy atom. The van der Waals surface area contributed by atoms with Crippen molar-refractivity contribution >= 4 is 0 Å². The minimum atomic E-state index is 0.673. The van der Waals surface area contributed by atoms with Crippen LogP contribution in [0.2, 0.25) is 0 Å². The van der Waals surface area contributed by atoms with Gasteiger partial charge in [-0.2, -0.15) is 0 Å². The molecule has 0 bridgehead atoms. The molecule has 2 rings (SSSR count). The SMILES string of the molecule is CCCCCCCN(CCCCCC)COCc1ccc(-c2ccc(COCN(CCCCCC)CCCCCCC)cc2)cc1. The van der Waals surface area contributed by atoms with Crippen LogP contribution in [0.4, 0.5) is 0 Å². The van der Waals surface area contributed by atoms with Gasteiger partial charge in [0.25, 0.3) is 0 Å². The van der Waals surface area contributed by atoms with Gasteiger partial charge in [0.15, 0.2) is 0 Å². The fourth-order valence-corrected chi connectivity index (χ4v) is 6.06. The molecule has 0 N–H and O–H groups in total. The van der Waals surface area contributed by atoms with E-state index >= 15 is 0 Å². The zero-order chi connectivity index (χ0) is 32.9. The molecule has 4 nitrogen and oxygen atoms in total. The molecule has 0 unspecified atom stereocenters. The van der Waals surface area contributed by atoms with Gasteiger partial charge >= 0.3 is 0 Å². The normalized spacial score (nSPS) is 11.7. The lowest BCUT2D eigenvalue weighted by molar-refractivity contribution is 0.0168. The standard InChI is InChI=1S/C42H72N2O2/c1-5-9-13-17-21-33-43(31-19-15-11-7-3)37-45-35-39-23-27-41(28-24-39)42-29-25-40(26-30-42)36-46-38-44(32-20-16-12-8-4)34-22-18-14-10-6-2/h23-30H,5-22,31-38H2,1-4H3. The smallest absolute Gasteiger partial charge is 0.0994 e. The van der Waals surface area contributed by atoms with Crippen LogP contribution in [0.3, 0.4) is 0 Å². The summed E-state index contributed by atoms with van der Waals surface area (Å²) >= 11 is 0. The molecule has 0 aliphatic rings. The van der Waals surface area contributed by atoms with Crippen molar-refractivity contribution < 1.29 is 9.47 Å². The maximum absolute atomic E-state index is 6.21. The van der Waals surface area contributed by atoms with Gasteiger partial charge in [0, 0.05) is 26.2 Å². The number of ether oxygens (including phenoxy) is 2. The molecule has 4 heteroatoms. The minimum Gasteiger partial charge on any atom is -0.361 e. The zero-order valence-corrected chi connectivity index (χ0v) is 30.7. The highest BCUT2D eigenvalue weighted by Gasteiger charge is 2.08. The minimum absolute atomic E-state index is 0.673. The molecule has 0 aliphatic heterocycles. The Balaban J connectivity index is 1.77. The summed E-state index contributed by atoms with van der Waals surface area (Å²) in [6.07, 6.45) is 23.8. The van der Waals surface area contributed by atoms with E-state index in [0.29, 0.717) is 13.2 Å². The molecule has 0 fully saturated rings. The van der Waals surface area contributed by atoms with Crippen LogP contribution in [-0.2, 0) is 22.7 Å². The number of rotatable bonds is 31. The van der Waals surface area contributed by atoms with E-state index in [0.717, 1.165) is 39.6 Å². The number of hydrogen-bond donors (Lipinski definition) is 0. The van der Waals surface area contributed by atoms with Crippen LogP contribution in [0.15, 0.2) is 48.5 Å². The van der Waals surface area contributed by atoms with Gasteiger partial charge in [-0.3, -0.25) is 9.80 Å². The number of benzene rings is 2. The molecule has 0 radical (unpaired) electrons. The topological polar surface area (TPSA) is 24.9 Å². The highest BCUT2D eigenvalue weighted by atomic mass is 16.5. The van der Waals surface area contributed by atoms with Crippen molar-refractivity contribution in [3.8, 4) is 11.1 Å². The molecule has 46 heavy (non-hydrogen) atoms. The Bertz CT molecular complexity index is 852. The largest absolute Gasteiger partial charge is 0.361 e. The molecule has 0 amide bonds. The summed E-state index contributed by atoms with van der Waals surface area (Å²) < 4.78 is 12.4. The van der Waals surface area contributed by atoms with Crippen LogP contribution >= 0.6 is 0 Å². The Morgan fingerprint density at radius 2 is 0.652 bits per heavy atom. The lowest BCUT2D eigenvalue weighted by Crippen LogP contribution is -2.28. The third-order valence-corrected chi connectivity index (χ3v) is 9.14. The van der Waals surface area contributed by atoms with E-state index in [1.165, 1.54) is 138 Å². The van der Waals surface area contributed by atoms with Crippen molar-refractivity contribution in [1.29, 1.82) is 0 Å². The second-order valence-electron chi connectivity index (χ2n) is 13.5. The lowest BCUT2D eigenvalue weighted by atomic mass is 10.0. The summed E-state index contributed by atoms with van der Waals surface area (Å²) in [6.45, 7) is 16.6. The van der Waals surface area contributed by atoms with Crippen molar-refractivity contribution in [1.82, 2.24) is 9.80 Å². The molecule has 0 heterocycles. The molecular formula is C42H72N2O2. The van der Waals surface area contributed by atoms with Crippen molar-refractivity contribution in [2.24, 2.45) is 0 Å². The van der Waals surface area contributed by atoms with Crippen LogP contribution in [0.1, 0.15) is 154 Å². The predicted octanol–water partition coefficient (Wildman–Crippen LogP) is 12.0. The molecule has 0 atom stereocenters. The van der Waals surface area contributed by atoms with Gasteiger partial charge in [0.05, 0.1) is 26.7 Å². The van der Waals surface area contributed by atoms with Crippen LogP contribution in [-0.4, -0.2) is 49.4 Å². The van der Waals surface area contributed by atoms with Crippen LogP contribution in [0.25, 0.3) is 11.1 Å². The van der Waals surface area contributed by atoms with Gasteiger partial charge in [0.2, 0.25) is 0 Å². The maximum Gasteiger partial charge on any atom is 0.0994 e. The third-order valence-electron chi connectivity index (χ3n) is 9.14. The first-order valence-corrected chi connectivity index (χ1v) is 19.5. The number of unbranched alkanes of at least 4 members (excludes halogenated alkanes) is 14. The van der Waals surface area contributed by atoms with Gasteiger partial charge in [0.1, 0.15) is 0 Å². The first-order valence-electron chi connectivity index (χ1n) is 19.5. The lowest BCUT2D eigenvalue weighted by Gasteiger charge is -2.22. The Hall–Kier alpha value is -1.72. The fourth-order valence-electron chi connectivity index (χ4n) is 6.06. The molecular weight excluding hydrogens is 564 g/mol. The van der Waals surface area contributed by atoms with Crippen molar-refractivity contribution in [2.75, 3.05) is 39.6 Å². The molecule has 0 spiro atoms. The Kier molecular flexibility index (Phi) is 24.9. The van der Waals surface area contributed by atoms with Crippen molar-refractivity contribution in [3.05, 3.63) is 59.7 Å². The van der Waals surface area contributed by atoms with Crippen LogP contribution in [0.5, 0.6) is 0 Å². The average molecular weight is 637 g/mol. The van der Waals surface area contributed by atoms with Gasteiger partial charge in [-0.1, -0.05) is 166 Å². The molecule has 0 saturated heterocycles. The first kappa shape index (κ1) is 40.5. The second-order valence-corrected chi connectivity index (χ2v) is 13.5. The van der Waals surface area contributed by atoms with Crippen LogP contribution < -0.4 is 0 Å². The van der Waals surface area contributed by atoms with E-state index in [4.69, 9.17) is 9.47 Å². The maximum atomic E-state index is 6.21. The Morgan fingerprint density at radius 1 is 0.370 bits per heavy atom. The van der Waals surface area contributed by atoms with Crippen LogP contribution in [0, 0.1) is 0 Å². The average Bonchev–Trinajstić information content (AvgIpc) is 3.08. The summed E-state index contributed by atoms with van der Waals surface area (Å²) in [4.78, 5) is 5.06. The monoisotopic (exact) mass is 637 g/mol. The second kappa shape index (κ2) is 28.3. The van der Waals surface area contributed by atoms with Gasteiger partial charge in [-0.05, 0) is 47.9 Å². The van der Waals surface area contributed by atoms with Gasteiger partial charge in [-0.25, -0.2) is 0 Å². The quantitative estimate of drug-likeness (QED) is 0.0607. The number of nitrogens with zero attached hydrogens (tertiary/aromatic N) is 2. The predicted molar refractivity (Wildman–Crippen MR) is 200 cm³/mol. The zero-order valence-electron chi connectivity index (χ0n) is 30.7. The summed E-state index contributed by atoms with van der Waals surface area (Å²) in [5, 5.41) is 0. The first-order chi connectivity index (χ1) is 22.7. The van der Waals surface area contributed by atoms with E-state index in [9.17, 15) is 0 Å². The molecule has 0 saturated carbocycles. The van der Waals surface area contributed by atoms with Crippen molar-refractivity contribution in [2.45, 2.75) is 156 Å². The van der Waals surface area contributed by atoms with E-state index in [2.05, 4.69) is 86.0 Å². The summed E-state index contributed by atoms with van der Waals surface area (Å²) in [7, 11) is 0. The van der Waals surface area contributed by atoms with E-state index in [1.807, 2.05) is 0 Å². The third kappa shape index (κ3) is 19.8. The summed E-state index contributed by atoms with van der Waals surface area (Å²) in [5.74, 6) is 0. The molecule has 2 aromatic carbocycles. The van der Waals surface area contributed by atoms with E-state index in [-0.39, 0.29) is 0 Å². The van der Waals surface area contributed by atoms with Gasteiger partial charge < -0.3 is 9.47 Å². The molecule has 2 aromatic rings. The Labute approximate surface area is 285 Å². The summed E-state index contributed by atoms with van der Waals surface area (Å²) in [6, 6.07) is 17.8. The molecule has 0 aliphatic carbocycles. The molecule has 0 aromatic heterocycles. The highest BCUT2D eigenvalue weighted by Crippen LogP contribution is 2.21. The molecule has 262 valence electrons. The van der Waals surface area contributed by atoms with Crippen molar-refractivity contribution in [3.63, 3.8) is 0 Å². The van der Waals surface area contributed by atoms with E-state index < -0.39 is 0 Å². The van der Waals surface area contributed by atoms with Gasteiger partial charge in [-0.15, -0.1) is 0 Å².